The Morgan fingerprint density at radius 2 is 1.08 bits per heavy atom. The second kappa shape index (κ2) is 14.5. The molecule has 13 rings (SSSR count). The van der Waals surface area contributed by atoms with Crippen LogP contribution in [0.4, 0.5) is 0 Å². The van der Waals surface area contributed by atoms with E-state index in [4.69, 9.17) is 19.4 Å². The lowest BCUT2D eigenvalue weighted by Gasteiger charge is -2.22. The molecule has 11 aromatic rings. The molecule has 298 valence electrons. The highest BCUT2D eigenvalue weighted by molar-refractivity contribution is 6.13. The minimum absolute atomic E-state index is 0.0700. The zero-order chi connectivity index (χ0) is 41.4. The highest BCUT2D eigenvalue weighted by Crippen LogP contribution is 2.49. The quantitative estimate of drug-likeness (QED) is 0.168. The van der Waals surface area contributed by atoms with Gasteiger partial charge in [0.1, 0.15) is 17.0 Å². The predicted octanol–water partition coefficient (Wildman–Crippen LogP) is 14.9. The van der Waals surface area contributed by atoms with E-state index in [0.717, 1.165) is 63.5 Å². The minimum atomic E-state index is 0.0700. The molecule has 0 amide bonds. The van der Waals surface area contributed by atoms with E-state index in [1.165, 1.54) is 66.2 Å². The zero-order valence-electron chi connectivity index (χ0n) is 34.6. The Kier molecular flexibility index (Phi) is 8.27. The van der Waals surface area contributed by atoms with Gasteiger partial charge in [0.05, 0.1) is 0 Å². The van der Waals surface area contributed by atoms with Gasteiger partial charge < -0.3 is 4.42 Å². The van der Waals surface area contributed by atoms with Crippen LogP contribution in [0.15, 0.2) is 192 Å². The molecule has 1 atom stereocenters. The standard InChI is InChI=1S/C59H41N3O/c1-2-14-37-34-41(26-25-36(37)13-1)58-60-55(32-30-48-44-19-7-5-17-42(44)43-18-6-8-20-45(43)48)61-59(62-58)57-50(29-31-54-56(57)51-23-11-12-24-53(51)63-54)49-28-27-40-33-38-15-3-4-16-39(38)35-52(40)47-22-10-9-21-46(47)49/h1-26,29,31,33-35,48-49H,27-28,30,32H2/t49-/m0/s1. The smallest absolute Gasteiger partial charge is 0.164 e. The van der Waals surface area contributed by atoms with Crippen LogP contribution in [-0.4, -0.2) is 15.0 Å². The molecule has 2 aliphatic carbocycles. The topological polar surface area (TPSA) is 51.8 Å². The summed E-state index contributed by atoms with van der Waals surface area (Å²) in [6.07, 6.45) is 3.45. The third kappa shape index (κ3) is 5.93. The lowest BCUT2D eigenvalue weighted by atomic mass is 9.82. The number of aromatic nitrogens is 3. The maximum absolute atomic E-state index is 6.65. The first-order valence-electron chi connectivity index (χ1n) is 22.2. The molecule has 0 radical (unpaired) electrons. The molecule has 2 aromatic heterocycles. The number of rotatable bonds is 6. The highest BCUT2D eigenvalue weighted by Gasteiger charge is 2.31. The molecule has 63 heavy (non-hydrogen) atoms. The van der Waals surface area contributed by atoms with Crippen molar-refractivity contribution in [3.05, 3.63) is 222 Å². The van der Waals surface area contributed by atoms with Crippen molar-refractivity contribution in [2.45, 2.75) is 37.5 Å². The van der Waals surface area contributed by atoms with Gasteiger partial charge in [-0.15, -0.1) is 0 Å². The monoisotopic (exact) mass is 807 g/mol. The number of aryl methyl sites for hydroxylation is 2. The van der Waals surface area contributed by atoms with Crippen molar-refractivity contribution in [2.75, 3.05) is 0 Å². The Balaban J connectivity index is 1.02. The normalized spacial score (nSPS) is 14.4. The van der Waals surface area contributed by atoms with Crippen molar-refractivity contribution in [3.63, 3.8) is 0 Å². The van der Waals surface area contributed by atoms with E-state index < -0.39 is 0 Å². The van der Waals surface area contributed by atoms with Crippen molar-refractivity contribution >= 4 is 43.5 Å². The second-order valence-corrected chi connectivity index (χ2v) is 17.3. The molecule has 0 unspecified atom stereocenters. The van der Waals surface area contributed by atoms with Gasteiger partial charge in [-0.25, -0.2) is 15.0 Å². The number of benzene rings is 9. The molecular weight excluding hydrogens is 767 g/mol. The molecular formula is C59H41N3O. The van der Waals surface area contributed by atoms with E-state index >= 15 is 0 Å². The fraction of sp³-hybridized carbons (Fsp3) is 0.102. The van der Waals surface area contributed by atoms with Crippen LogP contribution in [0.25, 0.3) is 88.5 Å². The molecule has 9 aromatic carbocycles. The molecule has 0 aliphatic heterocycles. The van der Waals surface area contributed by atoms with E-state index in [2.05, 4.69) is 182 Å². The van der Waals surface area contributed by atoms with Gasteiger partial charge in [-0.2, -0.15) is 0 Å². The van der Waals surface area contributed by atoms with Crippen LogP contribution in [0.3, 0.4) is 0 Å². The Morgan fingerprint density at radius 3 is 1.86 bits per heavy atom. The summed E-state index contributed by atoms with van der Waals surface area (Å²) in [6.45, 7) is 0. The van der Waals surface area contributed by atoms with E-state index in [1.807, 2.05) is 6.07 Å². The van der Waals surface area contributed by atoms with Crippen LogP contribution in [0, 0.1) is 0 Å². The first-order chi connectivity index (χ1) is 31.2. The number of hydrogen-bond acceptors (Lipinski definition) is 4. The summed E-state index contributed by atoms with van der Waals surface area (Å²) in [4.78, 5) is 16.4. The van der Waals surface area contributed by atoms with Gasteiger partial charge in [0, 0.05) is 40.2 Å². The second-order valence-electron chi connectivity index (χ2n) is 17.3. The van der Waals surface area contributed by atoms with Gasteiger partial charge in [0.2, 0.25) is 0 Å². The summed E-state index contributed by atoms with van der Waals surface area (Å²) in [7, 11) is 0. The average Bonchev–Trinajstić information content (AvgIpc) is 3.83. The number of hydrogen-bond donors (Lipinski definition) is 0. The Labute approximate surface area is 365 Å². The number of furan rings is 1. The van der Waals surface area contributed by atoms with Gasteiger partial charge >= 0.3 is 0 Å². The minimum Gasteiger partial charge on any atom is -0.456 e. The molecule has 2 heterocycles. The summed E-state index contributed by atoms with van der Waals surface area (Å²) in [6, 6.07) is 68.2. The molecule has 0 saturated carbocycles. The molecule has 0 fully saturated rings. The van der Waals surface area contributed by atoms with Crippen LogP contribution in [0.2, 0.25) is 0 Å². The van der Waals surface area contributed by atoms with Gasteiger partial charge in [-0.1, -0.05) is 164 Å². The maximum atomic E-state index is 6.65. The van der Waals surface area contributed by atoms with E-state index in [-0.39, 0.29) is 11.8 Å². The predicted molar refractivity (Wildman–Crippen MR) is 257 cm³/mol. The number of fused-ring (bicyclic) bond motifs is 11. The van der Waals surface area contributed by atoms with Gasteiger partial charge in [0.15, 0.2) is 11.6 Å². The van der Waals surface area contributed by atoms with Crippen LogP contribution in [0.5, 0.6) is 0 Å². The highest BCUT2D eigenvalue weighted by atomic mass is 16.3. The number of para-hydroxylation sites is 1. The zero-order valence-corrected chi connectivity index (χ0v) is 34.6. The summed E-state index contributed by atoms with van der Waals surface area (Å²) in [5.74, 6) is 2.48. The first-order valence-corrected chi connectivity index (χ1v) is 22.2. The Hall–Kier alpha value is -7.69. The SMILES string of the molecule is c1ccc2c(c1)-c1ccccc1C2CCc1nc(-c2ccc3ccccc3c2)nc(-c2c([C@H]3CCc4cc5ccccc5cc4-c4ccccc43)ccc3oc4ccccc4c23)n1. The first kappa shape index (κ1) is 36.0. The molecule has 0 bridgehead atoms. The summed E-state index contributed by atoms with van der Waals surface area (Å²) in [5.41, 5.74) is 15.6. The van der Waals surface area contributed by atoms with Crippen molar-refractivity contribution in [3.8, 4) is 45.0 Å². The summed E-state index contributed by atoms with van der Waals surface area (Å²) in [5, 5.41) is 7.00. The average molecular weight is 808 g/mol. The lowest BCUT2D eigenvalue weighted by Crippen LogP contribution is -2.09. The van der Waals surface area contributed by atoms with Crippen molar-refractivity contribution in [2.24, 2.45) is 0 Å². The van der Waals surface area contributed by atoms with Crippen molar-refractivity contribution < 1.29 is 4.42 Å². The van der Waals surface area contributed by atoms with Crippen LogP contribution in [-0.2, 0) is 12.8 Å². The molecule has 2 aliphatic rings. The van der Waals surface area contributed by atoms with Crippen LogP contribution < -0.4 is 0 Å². The summed E-state index contributed by atoms with van der Waals surface area (Å²) >= 11 is 0. The molecule has 0 spiro atoms. The van der Waals surface area contributed by atoms with Crippen LogP contribution in [0.1, 0.15) is 58.3 Å². The van der Waals surface area contributed by atoms with E-state index in [9.17, 15) is 0 Å². The van der Waals surface area contributed by atoms with E-state index in [0.29, 0.717) is 18.1 Å². The maximum Gasteiger partial charge on any atom is 0.164 e. The van der Waals surface area contributed by atoms with Gasteiger partial charge in [-0.3, -0.25) is 0 Å². The fourth-order valence-corrected chi connectivity index (χ4v) is 10.9. The summed E-state index contributed by atoms with van der Waals surface area (Å²) < 4.78 is 6.65. The fourth-order valence-electron chi connectivity index (χ4n) is 10.9. The van der Waals surface area contributed by atoms with E-state index in [1.54, 1.807) is 0 Å². The molecule has 4 nitrogen and oxygen atoms in total. The molecule has 4 heteroatoms. The third-order valence-electron chi connectivity index (χ3n) is 13.8. The third-order valence-corrected chi connectivity index (χ3v) is 13.8. The number of nitrogens with zero attached hydrogens (tertiary/aromatic N) is 3. The van der Waals surface area contributed by atoms with Gasteiger partial charge in [-0.05, 0) is 115 Å². The van der Waals surface area contributed by atoms with Crippen molar-refractivity contribution in [1.82, 2.24) is 15.0 Å². The van der Waals surface area contributed by atoms with Crippen LogP contribution >= 0.6 is 0 Å². The molecule has 0 N–H and O–H groups in total. The Bertz CT molecular complexity index is 3570. The largest absolute Gasteiger partial charge is 0.456 e. The Morgan fingerprint density at radius 1 is 0.460 bits per heavy atom. The molecule has 0 saturated heterocycles. The van der Waals surface area contributed by atoms with Gasteiger partial charge in [0.25, 0.3) is 0 Å². The van der Waals surface area contributed by atoms with Crippen molar-refractivity contribution in [1.29, 1.82) is 0 Å². The lowest BCUT2D eigenvalue weighted by molar-refractivity contribution is 0.668.